The molecule has 3 aromatic rings. The number of carbonyl (C=O) groups excluding carboxylic acids is 2. The van der Waals surface area contributed by atoms with Crippen LogP contribution in [0, 0.1) is 0 Å². The molecule has 0 aliphatic heterocycles. The number of hydrogen-bond donors (Lipinski definition) is 1. The van der Waals surface area contributed by atoms with Gasteiger partial charge in [-0.2, -0.15) is 8.42 Å². The summed E-state index contributed by atoms with van der Waals surface area (Å²) in [6.45, 7) is 5.25. The molecule has 0 spiro atoms. The Morgan fingerprint density at radius 1 is 0.865 bits per heavy atom. The van der Waals surface area contributed by atoms with Crippen molar-refractivity contribution in [3.05, 3.63) is 96.1 Å². The van der Waals surface area contributed by atoms with Crippen LogP contribution in [0.25, 0.3) is 0 Å². The third kappa shape index (κ3) is 8.44. The van der Waals surface area contributed by atoms with E-state index in [1.165, 1.54) is 24.3 Å². The van der Waals surface area contributed by atoms with E-state index >= 15 is 0 Å². The lowest BCUT2D eigenvalue weighted by atomic mass is 9.88. The normalized spacial score (nSPS) is 13.3. The van der Waals surface area contributed by atoms with E-state index in [1.54, 1.807) is 51.1 Å². The Bertz CT molecular complexity index is 1290. The summed E-state index contributed by atoms with van der Waals surface area (Å²) >= 11 is 0. The van der Waals surface area contributed by atoms with Crippen molar-refractivity contribution < 1.29 is 31.7 Å². The molecular weight excluding hydrogens is 494 g/mol. The maximum Gasteiger partial charge on any atom is 0.339 e. The minimum absolute atomic E-state index is 0.0186. The Balaban J connectivity index is 1.78. The first-order valence-electron chi connectivity index (χ1n) is 11.7. The quantitative estimate of drug-likeness (QED) is 0.306. The van der Waals surface area contributed by atoms with Gasteiger partial charge in [-0.3, -0.25) is 9.59 Å². The molecule has 0 aromatic heterocycles. The molecule has 0 aliphatic carbocycles. The summed E-state index contributed by atoms with van der Waals surface area (Å²) in [7, 11) is -4.02. The molecule has 2 unspecified atom stereocenters. The molecule has 0 bridgehead atoms. The van der Waals surface area contributed by atoms with E-state index in [0.717, 1.165) is 5.56 Å². The highest BCUT2D eigenvalue weighted by Gasteiger charge is 2.32. The van der Waals surface area contributed by atoms with E-state index in [4.69, 9.17) is 19.4 Å². The molecule has 0 saturated heterocycles. The number of nitrogens with two attached hydrogens (primary N) is 1. The lowest BCUT2D eigenvalue weighted by Gasteiger charge is -2.27. The highest BCUT2D eigenvalue weighted by molar-refractivity contribution is 7.87. The molecule has 0 aliphatic rings. The summed E-state index contributed by atoms with van der Waals surface area (Å²) in [5, 5.41) is 0. The summed E-state index contributed by atoms with van der Waals surface area (Å²) in [6, 6.07) is 21.8. The zero-order valence-electron chi connectivity index (χ0n) is 21.0. The average Bonchev–Trinajstić information content (AvgIpc) is 2.86. The molecule has 2 atom stereocenters. The topological polar surface area (TPSA) is 122 Å². The zero-order chi connectivity index (χ0) is 27.1. The third-order valence-corrected chi connectivity index (χ3v) is 6.55. The van der Waals surface area contributed by atoms with Gasteiger partial charge in [0.25, 0.3) is 0 Å². The van der Waals surface area contributed by atoms with Crippen LogP contribution in [0.3, 0.4) is 0 Å². The molecule has 3 aromatic carbocycles. The van der Waals surface area contributed by atoms with Gasteiger partial charge in [0.2, 0.25) is 0 Å². The van der Waals surface area contributed by atoms with Crippen LogP contribution >= 0.6 is 0 Å². The Kier molecular flexibility index (Phi) is 9.07. The predicted octanol–water partition coefficient (Wildman–Crippen LogP) is 4.34. The van der Waals surface area contributed by atoms with Crippen LogP contribution in [-0.4, -0.2) is 32.0 Å². The minimum Gasteiger partial charge on any atom is -0.461 e. The summed E-state index contributed by atoms with van der Waals surface area (Å²) in [4.78, 5) is 25.5. The van der Waals surface area contributed by atoms with E-state index in [2.05, 4.69) is 0 Å². The molecule has 37 heavy (non-hydrogen) atoms. The molecule has 0 fully saturated rings. The minimum atomic E-state index is -4.02. The van der Waals surface area contributed by atoms with Crippen molar-refractivity contribution in [2.75, 3.05) is 0 Å². The van der Waals surface area contributed by atoms with Crippen LogP contribution in [0.2, 0.25) is 0 Å². The molecule has 196 valence electrons. The Morgan fingerprint density at radius 3 is 2.00 bits per heavy atom. The number of rotatable bonds is 10. The summed E-state index contributed by atoms with van der Waals surface area (Å²) in [6.07, 6.45) is -0.185. The molecule has 9 heteroatoms. The standard InChI is InChI=1S/C28H31NO7S/c1-28(2,3)35-27(31)26(29)24(18-25(30)34-19-20-10-6-4-7-11-20)21-14-16-22(17-15-21)36-37(32,33)23-12-8-5-9-13-23/h4-17,24,26H,18-19,29H2,1-3H3. The monoisotopic (exact) mass is 525 g/mol. The van der Waals surface area contributed by atoms with Gasteiger partial charge in [-0.05, 0) is 56.2 Å². The van der Waals surface area contributed by atoms with Crippen LogP contribution in [0.4, 0.5) is 0 Å². The first-order chi connectivity index (χ1) is 17.4. The van der Waals surface area contributed by atoms with Gasteiger partial charge in [-0.15, -0.1) is 0 Å². The molecule has 0 amide bonds. The summed E-state index contributed by atoms with van der Waals surface area (Å²) in [5.41, 5.74) is 6.85. The molecular formula is C28H31NO7S. The fourth-order valence-electron chi connectivity index (χ4n) is 3.50. The molecule has 0 radical (unpaired) electrons. The Labute approximate surface area is 217 Å². The smallest absolute Gasteiger partial charge is 0.339 e. The van der Waals surface area contributed by atoms with Gasteiger partial charge in [0.15, 0.2) is 0 Å². The zero-order valence-corrected chi connectivity index (χ0v) is 21.8. The van der Waals surface area contributed by atoms with Gasteiger partial charge in [0.05, 0.1) is 6.42 Å². The van der Waals surface area contributed by atoms with Crippen LogP contribution in [0.1, 0.15) is 44.2 Å². The van der Waals surface area contributed by atoms with E-state index < -0.39 is 39.6 Å². The Hall–Kier alpha value is -3.69. The van der Waals surface area contributed by atoms with Crippen molar-refractivity contribution in [3.8, 4) is 5.75 Å². The largest absolute Gasteiger partial charge is 0.461 e. The molecule has 0 saturated carbocycles. The van der Waals surface area contributed by atoms with Gasteiger partial charge in [-0.1, -0.05) is 60.7 Å². The number of hydrogen-bond acceptors (Lipinski definition) is 8. The average molecular weight is 526 g/mol. The second-order valence-corrected chi connectivity index (χ2v) is 11.0. The molecule has 2 N–H and O–H groups in total. The molecule has 8 nitrogen and oxygen atoms in total. The SMILES string of the molecule is CC(C)(C)OC(=O)C(N)C(CC(=O)OCc1ccccc1)c1ccc(OS(=O)(=O)c2ccccc2)cc1. The highest BCUT2D eigenvalue weighted by atomic mass is 32.2. The summed E-state index contributed by atoms with van der Waals surface area (Å²) < 4.78 is 41.1. The van der Waals surface area contributed by atoms with Crippen molar-refractivity contribution in [2.45, 2.75) is 56.3 Å². The lowest BCUT2D eigenvalue weighted by Crippen LogP contribution is -2.42. The van der Waals surface area contributed by atoms with Crippen molar-refractivity contribution in [1.82, 2.24) is 0 Å². The highest BCUT2D eigenvalue weighted by Crippen LogP contribution is 2.28. The molecule has 0 heterocycles. The van der Waals surface area contributed by atoms with Gasteiger partial charge in [-0.25, -0.2) is 0 Å². The van der Waals surface area contributed by atoms with E-state index in [9.17, 15) is 18.0 Å². The first kappa shape index (κ1) is 27.9. The van der Waals surface area contributed by atoms with Crippen molar-refractivity contribution in [1.29, 1.82) is 0 Å². The fourth-order valence-corrected chi connectivity index (χ4v) is 4.45. The summed E-state index contributed by atoms with van der Waals surface area (Å²) in [5.74, 6) is -1.91. The van der Waals surface area contributed by atoms with Gasteiger partial charge >= 0.3 is 22.1 Å². The van der Waals surface area contributed by atoms with Gasteiger partial charge < -0.3 is 19.4 Å². The van der Waals surface area contributed by atoms with E-state index in [-0.39, 0.29) is 23.7 Å². The number of esters is 2. The van der Waals surface area contributed by atoms with Gasteiger partial charge in [0.1, 0.15) is 28.9 Å². The van der Waals surface area contributed by atoms with Crippen LogP contribution in [-0.2, 0) is 35.8 Å². The van der Waals surface area contributed by atoms with Crippen molar-refractivity contribution >= 4 is 22.1 Å². The van der Waals surface area contributed by atoms with Crippen LogP contribution in [0.15, 0.2) is 89.8 Å². The first-order valence-corrected chi connectivity index (χ1v) is 13.1. The third-order valence-electron chi connectivity index (χ3n) is 5.29. The second kappa shape index (κ2) is 12.0. The van der Waals surface area contributed by atoms with Crippen LogP contribution in [0.5, 0.6) is 5.75 Å². The van der Waals surface area contributed by atoms with E-state index in [0.29, 0.717) is 5.56 Å². The molecule has 3 rings (SSSR count). The van der Waals surface area contributed by atoms with E-state index in [1.807, 2.05) is 30.3 Å². The van der Waals surface area contributed by atoms with Crippen molar-refractivity contribution in [3.63, 3.8) is 0 Å². The van der Waals surface area contributed by atoms with Gasteiger partial charge in [0, 0.05) is 5.92 Å². The van der Waals surface area contributed by atoms with Crippen LogP contribution < -0.4 is 9.92 Å². The van der Waals surface area contributed by atoms with Crippen molar-refractivity contribution in [2.24, 2.45) is 5.73 Å². The predicted molar refractivity (Wildman–Crippen MR) is 138 cm³/mol. The Morgan fingerprint density at radius 2 is 1.43 bits per heavy atom. The number of carbonyl (C=O) groups is 2. The fraction of sp³-hybridized carbons (Fsp3) is 0.286. The number of benzene rings is 3. The lowest BCUT2D eigenvalue weighted by molar-refractivity contribution is -0.157. The second-order valence-electron chi connectivity index (χ2n) is 9.44. The maximum absolute atomic E-state index is 12.7. The number of ether oxygens (including phenoxy) is 2. The maximum atomic E-state index is 12.7.